The molecule has 0 aliphatic heterocycles. The van der Waals surface area contributed by atoms with Crippen molar-refractivity contribution in [3.05, 3.63) is 77.6 Å². The van der Waals surface area contributed by atoms with Crippen LogP contribution in [-0.4, -0.2) is 24.4 Å². The highest BCUT2D eigenvalue weighted by Crippen LogP contribution is 2.33. The maximum atomic E-state index is 11.6. The summed E-state index contributed by atoms with van der Waals surface area (Å²) in [6.07, 6.45) is 5.72. The number of hydrogen-bond donors (Lipinski definition) is 0. The van der Waals surface area contributed by atoms with Gasteiger partial charge >= 0.3 is 11.6 Å². The maximum absolute atomic E-state index is 11.6. The Morgan fingerprint density at radius 2 is 1.92 bits per heavy atom. The van der Waals surface area contributed by atoms with Gasteiger partial charge in [-0.05, 0) is 22.9 Å². The van der Waals surface area contributed by atoms with Gasteiger partial charge in [-0.3, -0.25) is 14.7 Å². The molecule has 25 heavy (non-hydrogen) atoms. The van der Waals surface area contributed by atoms with Gasteiger partial charge in [0.1, 0.15) is 18.4 Å². The van der Waals surface area contributed by atoms with Crippen molar-refractivity contribution in [2.45, 2.75) is 0 Å². The van der Waals surface area contributed by atoms with Crippen molar-refractivity contribution in [2.75, 3.05) is 0 Å². The molecule has 0 fully saturated rings. The summed E-state index contributed by atoms with van der Waals surface area (Å²) < 4.78 is 7.13. The fourth-order valence-electron chi connectivity index (χ4n) is 2.50. The molecule has 0 saturated heterocycles. The minimum absolute atomic E-state index is 0.0910. The topological polar surface area (TPSA) is 96.0 Å². The minimum Gasteiger partial charge on any atom is -0.434 e. The van der Waals surface area contributed by atoms with Crippen molar-refractivity contribution in [3.63, 3.8) is 0 Å². The molecular formula is C17H11N5O3. The molecule has 0 unspecified atom stereocenters. The normalized spacial score (nSPS) is 10.7. The van der Waals surface area contributed by atoms with Crippen LogP contribution in [0.5, 0.6) is 11.6 Å². The predicted molar refractivity (Wildman–Crippen MR) is 89.8 cm³/mol. The second-order valence-electron chi connectivity index (χ2n) is 5.19. The number of fused-ring (bicyclic) bond motifs is 1. The molecule has 0 aliphatic carbocycles. The predicted octanol–water partition coefficient (Wildman–Crippen LogP) is 3.52. The molecule has 0 bridgehead atoms. The lowest BCUT2D eigenvalue weighted by Crippen LogP contribution is -2.05. The highest BCUT2D eigenvalue weighted by molar-refractivity contribution is 5.83. The molecule has 0 saturated carbocycles. The Labute approximate surface area is 141 Å². The van der Waals surface area contributed by atoms with Gasteiger partial charge in [0.25, 0.3) is 0 Å². The average molecular weight is 333 g/mol. The van der Waals surface area contributed by atoms with Gasteiger partial charge in [-0.1, -0.05) is 30.3 Å². The van der Waals surface area contributed by atoms with Crippen molar-refractivity contribution >= 4 is 16.5 Å². The molecule has 2 aromatic carbocycles. The van der Waals surface area contributed by atoms with Crippen LogP contribution in [0.2, 0.25) is 0 Å². The van der Waals surface area contributed by atoms with Crippen LogP contribution in [-0.2, 0) is 0 Å². The molecule has 0 N–H and O–H groups in total. The highest BCUT2D eigenvalue weighted by atomic mass is 16.6. The van der Waals surface area contributed by atoms with E-state index in [-0.39, 0.29) is 17.4 Å². The van der Waals surface area contributed by atoms with Crippen LogP contribution >= 0.6 is 0 Å². The van der Waals surface area contributed by atoms with Gasteiger partial charge in [0, 0.05) is 12.4 Å². The summed E-state index contributed by atoms with van der Waals surface area (Å²) in [4.78, 5) is 22.8. The standard InChI is InChI=1S/C17H11N5O3/c23-22(24)15-16(21-8-7-18-11-21)19-10-20-17(15)25-14-6-5-12-3-1-2-4-13(12)9-14/h1-11H. The highest BCUT2D eigenvalue weighted by Gasteiger charge is 2.26. The molecule has 4 aromatic rings. The van der Waals surface area contributed by atoms with Crippen LogP contribution in [0.15, 0.2) is 67.5 Å². The van der Waals surface area contributed by atoms with Gasteiger partial charge in [-0.2, -0.15) is 4.98 Å². The maximum Gasteiger partial charge on any atom is 0.374 e. The van der Waals surface area contributed by atoms with E-state index in [0.717, 1.165) is 10.8 Å². The molecule has 0 spiro atoms. The lowest BCUT2D eigenvalue weighted by Gasteiger charge is -2.08. The van der Waals surface area contributed by atoms with Crippen molar-refractivity contribution in [2.24, 2.45) is 0 Å². The van der Waals surface area contributed by atoms with E-state index >= 15 is 0 Å². The quantitative estimate of drug-likeness (QED) is 0.419. The van der Waals surface area contributed by atoms with Gasteiger partial charge in [0.15, 0.2) is 0 Å². The Hall–Kier alpha value is -3.81. The van der Waals surface area contributed by atoms with E-state index < -0.39 is 4.92 Å². The van der Waals surface area contributed by atoms with Crippen molar-refractivity contribution in [1.29, 1.82) is 0 Å². The molecule has 8 heteroatoms. The van der Waals surface area contributed by atoms with Gasteiger partial charge < -0.3 is 4.74 Å². The summed E-state index contributed by atoms with van der Waals surface area (Å²) in [6.45, 7) is 0. The molecular weight excluding hydrogens is 322 g/mol. The zero-order chi connectivity index (χ0) is 17.2. The van der Waals surface area contributed by atoms with E-state index in [4.69, 9.17) is 4.74 Å². The van der Waals surface area contributed by atoms with Crippen LogP contribution in [0.1, 0.15) is 0 Å². The molecule has 8 nitrogen and oxygen atoms in total. The van der Waals surface area contributed by atoms with Crippen molar-refractivity contribution < 1.29 is 9.66 Å². The molecule has 4 rings (SSSR count). The Morgan fingerprint density at radius 1 is 1.08 bits per heavy atom. The first-order chi connectivity index (χ1) is 12.2. The molecule has 122 valence electrons. The number of aromatic nitrogens is 4. The van der Waals surface area contributed by atoms with Crippen LogP contribution < -0.4 is 4.74 Å². The number of benzene rings is 2. The van der Waals surface area contributed by atoms with Gasteiger partial charge in [-0.15, -0.1) is 0 Å². The second kappa shape index (κ2) is 6.00. The van der Waals surface area contributed by atoms with Gasteiger partial charge in [-0.25, -0.2) is 9.97 Å². The van der Waals surface area contributed by atoms with E-state index in [2.05, 4.69) is 15.0 Å². The first kappa shape index (κ1) is 14.8. The third-order valence-electron chi connectivity index (χ3n) is 3.64. The first-order valence-corrected chi connectivity index (χ1v) is 7.37. The van der Waals surface area contributed by atoms with E-state index in [1.54, 1.807) is 18.3 Å². The van der Waals surface area contributed by atoms with Crippen LogP contribution in [0, 0.1) is 10.1 Å². The summed E-state index contributed by atoms with van der Waals surface area (Å²) in [5.41, 5.74) is -0.325. The molecule has 0 radical (unpaired) electrons. The van der Waals surface area contributed by atoms with Crippen LogP contribution in [0.3, 0.4) is 0 Å². The van der Waals surface area contributed by atoms with E-state index in [1.165, 1.54) is 23.4 Å². The van der Waals surface area contributed by atoms with Crippen LogP contribution in [0.25, 0.3) is 16.6 Å². The number of hydrogen-bond acceptors (Lipinski definition) is 6. The molecule has 0 amide bonds. The lowest BCUT2D eigenvalue weighted by atomic mass is 10.1. The average Bonchev–Trinajstić information content (AvgIpc) is 3.16. The number of rotatable bonds is 4. The number of ether oxygens (including phenoxy) is 1. The van der Waals surface area contributed by atoms with Crippen molar-refractivity contribution in [1.82, 2.24) is 19.5 Å². The lowest BCUT2D eigenvalue weighted by molar-refractivity contribution is -0.386. The third-order valence-corrected chi connectivity index (χ3v) is 3.64. The number of nitrogens with zero attached hydrogens (tertiary/aromatic N) is 5. The Kier molecular flexibility index (Phi) is 3.55. The summed E-state index contributed by atoms with van der Waals surface area (Å²) in [5, 5.41) is 13.6. The van der Waals surface area contributed by atoms with E-state index in [0.29, 0.717) is 5.75 Å². The first-order valence-electron chi connectivity index (χ1n) is 7.37. The van der Waals surface area contributed by atoms with Crippen molar-refractivity contribution in [3.8, 4) is 17.4 Å². The Bertz CT molecular complexity index is 1060. The zero-order valence-electron chi connectivity index (χ0n) is 12.8. The fraction of sp³-hybridized carbons (Fsp3) is 0. The summed E-state index contributed by atoms with van der Waals surface area (Å²) in [6, 6.07) is 13.2. The second-order valence-corrected chi connectivity index (χ2v) is 5.19. The number of imidazole rings is 1. The number of nitro groups is 1. The van der Waals surface area contributed by atoms with E-state index in [9.17, 15) is 10.1 Å². The third kappa shape index (κ3) is 2.76. The summed E-state index contributed by atoms with van der Waals surface area (Å²) in [5.74, 6) is 0.421. The molecule has 0 atom stereocenters. The SMILES string of the molecule is O=[N+]([O-])c1c(Oc2ccc3ccccc3c2)ncnc1-n1ccnc1. The summed E-state index contributed by atoms with van der Waals surface area (Å²) in [7, 11) is 0. The van der Waals surface area contributed by atoms with Crippen LogP contribution in [0.4, 0.5) is 5.69 Å². The van der Waals surface area contributed by atoms with Gasteiger partial charge in [0.05, 0.1) is 4.92 Å². The smallest absolute Gasteiger partial charge is 0.374 e. The molecule has 0 aliphatic rings. The minimum atomic E-state index is -0.564. The monoisotopic (exact) mass is 333 g/mol. The van der Waals surface area contributed by atoms with E-state index in [1.807, 2.05) is 30.3 Å². The largest absolute Gasteiger partial charge is 0.434 e. The molecule has 2 aromatic heterocycles. The zero-order valence-corrected chi connectivity index (χ0v) is 12.8. The fourth-order valence-corrected chi connectivity index (χ4v) is 2.50. The molecule has 2 heterocycles. The Balaban J connectivity index is 1.79. The Morgan fingerprint density at radius 3 is 2.68 bits per heavy atom. The summed E-state index contributed by atoms with van der Waals surface area (Å²) >= 11 is 0. The van der Waals surface area contributed by atoms with Gasteiger partial charge in [0.2, 0.25) is 5.82 Å².